The Bertz CT molecular complexity index is 694. The number of hydrogen-bond donors (Lipinski definition) is 1. The topological polar surface area (TPSA) is 59.4 Å². The van der Waals surface area contributed by atoms with E-state index >= 15 is 0 Å². The molecule has 1 N–H and O–H groups in total. The number of rotatable bonds is 8. The lowest BCUT2D eigenvalue weighted by atomic mass is 10.1. The molecule has 6 heteroatoms. The average Bonchev–Trinajstić information content (AvgIpc) is 2.91. The molecule has 0 radical (unpaired) electrons. The lowest BCUT2D eigenvalue weighted by molar-refractivity contribution is -0.121. The molecule has 0 fully saturated rings. The summed E-state index contributed by atoms with van der Waals surface area (Å²) in [6.07, 6.45) is 0.746. The van der Waals surface area contributed by atoms with E-state index in [9.17, 15) is 4.79 Å². The molecule has 0 aliphatic heterocycles. The van der Waals surface area contributed by atoms with Crippen molar-refractivity contribution in [2.24, 2.45) is 0 Å². The number of nitrogens with one attached hydrogen (secondary N) is 1. The highest BCUT2D eigenvalue weighted by Crippen LogP contribution is 2.16. The SMILES string of the molecule is CC[C@H](C(=O)Nc1ccc(OC)cc1)N(C)CCn1nc(C)cc1C. The van der Waals surface area contributed by atoms with Gasteiger partial charge < -0.3 is 10.1 Å². The number of methoxy groups -OCH3 is 1. The van der Waals surface area contributed by atoms with Gasteiger partial charge in [0.1, 0.15) is 5.75 Å². The second-order valence-corrected chi connectivity index (χ2v) is 6.27. The highest BCUT2D eigenvalue weighted by Gasteiger charge is 2.21. The number of ether oxygens (including phenoxy) is 1. The van der Waals surface area contributed by atoms with Crippen LogP contribution in [0.5, 0.6) is 5.75 Å². The van der Waals surface area contributed by atoms with Gasteiger partial charge in [-0.25, -0.2) is 0 Å². The first-order valence-corrected chi connectivity index (χ1v) is 8.60. The Morgan fingerprint density at radius 3 is 2.52 bits per heavy atom. The van der Waals surface area contributed by atoms with Crippen LogP contribution < -0.4 is 10.1 Å². The van der Waals surface area contributed by atoms with E-state index in [1.165, 1.54) is 0 Å². The summed E-state index contributed by atoms with van der Waals surface area (Å²) >= 11 is 0. The Labute approximate surface area is 149 Å². The van der Waals surface area contributed by atoms with Crippen molar-refractivity contribution < 1.29 is 9.53 Å². The van der Waals surface area contributed by atoms with Crippen LogP contribution in [-0.4, -0.2) is 47.3 Å². The van der Waals surface area contributed by atoms with Crippen molar-refractivity contribution in [2.75, 3.05) is 26.0 Å². The van der Waals surface area contributed by atoms with Crippen LogP contribution in [0.4, 0.5) is 5.69 Å². The van der Waals surface area contributed by atoms with Gasteiger partial charge in [-0.1, -0.05) is 6.92 Å². The molecule has 25 heavy (non-hydrogen) atoms. The van der Waals surface area contributed by atoms with E-state index in [2.05, 4.69) is 21.4 Å². The summed E-state index contributed by atoms with van der Waals surface area (Å²) in [5.74, 6) is 0.774. The standard InChI is InChI=1S/C19H28N4O2/c1-6-18(19(24)20-16-7-9-17(25-5)10-8-16)22(4)11-12-23-15(3)13-14(2)21-23/h7-10,13,18H,6,11-12H2,1-5H3,(H,20,24)/t18-/m1/s1. The van der Waals surface area contributed by atoms with E-state index < -0.39 is 0 Å². The van der Waals surface area contributed by atoms with E-state index in [4.69, 9.17) is 4.74 Å². The minimum atomic E-state index is -0.181. The fraction of sp³-hybridized carbons (Fsp3) is 0.474. The minimum absolute atomic E-state index is 0.00327. The van der Waals surface area contributed by atoms with Gasteiger partial charge in [-0.2, -0.15) is 5.10 Å². The number of aromatic nitrogens is 2. The third-order valence-electron chi connectivity index (χ3n) is 4.35. The molecular weight excluding hydrogens is 316 g/mol. The number of aryl methyl sites for hydroxylation is 2. The van der Waals surface area contributed by atoms with Crippen LogP contribution in [0.1, 0.15) is 24.7 Å². The Kier molecular flexibility index (Phi) is 6.58. The second-order valence-electron chi connectivity index (χ2n) is 6.27. The summed E-state index contributed by atoms with van der Waals surface area (Å²) in [5.41, 5.74) is 2.93. The van der Waals surface area contributed by atoms with Gasteiger partial charge >= 0.3 is 0 Å². The molecular formula is C19H28N4O2. The number of nitrogens with zero attached hydrogens (tertiary/aromatic N) is 3. The van der Waals surface area contributed by atoms with Crippen LogP contribution >= 0.6 is 0 Å². The van der Waals surface area contributed by atoms with Gasteiger partial charge in [0.05, 0.1) is 25.4 Å². The molecule has 1 atom stereocenters. The highest BCUT2D eigenvalue weighted by atomic mass is 16.5. The molecule has 1 amide bonds. The molecule has 2 aromatic rings. The van der Waals surface area contributed by atoms with Crippen molar-refractivity contribution in [3.63, 3.8) is 0 Å². The smallest absolute Gasteiger partial charge is 0.241 e. The summed E-state index contributed by atoms with van der Waals surface area (Å²) in [4.78, 5) is 14.7. The Hall–Kier alpha value is -2.34. The van der Waals surface area contributed by atoms with Gasteiger partial charge in [-0.3, -0.25) is 14.4 Å². The zero-order valence-electron chi connectivity index (χ0n) is 15.7. The minimum Gasteiger partial charge on any atom is -0.497 e. The van der Waals surface area contributed by atoms with E-state index in [0.29, 0.717) is 0 Å². The monoisotopic (exact) mass is 344 g/mol. The average molecular weight is 344 g/mol. The van der Waals surface area contributed by atoms with Crippen molar-refractivity contribution in [2.45, 2.75) is 39.8 Å². The third-order valence-corrected chi connectivity index (χ3v) is 4.35. The molecule has 0 saturated heterocycles. The van der Waals surface area contributed by atoms with Gasteiger partial charge in [0.25, 0.3) is 0 Å². The lowest BCUT2D eigenvalue weighted by Gasteiger charge is -2.26. The van der Waals surface area contributed by atoms with Crippen LogP contribution in [0, 0.1) is 13.8 Å². The van der Waals surface area contributed by atoms with Gasteiger partial charge in [-0.05, 0) is 57.6 Å². The third kappa shape index (κ3) is 5.06. The van der Waals surface area contributed by atoms with Gasteiger partial charge in [0.2, 0.25) is 5.91 Å². The fourth-order valence-electron chi connectivity index (χ4n) is 2.91. The van der Waals surface area contributed by atoms with E-state index in [1.54, 1.807) is 7.11 Å². The van der Waals surface area contributed by atoms with Crippen molar-refractivity contribution >= 4 is 11.6 Å². The first-order chi connectivity index (χ1) is 11.9. The van der Waals surface area contributed by atoms with E-state index in [-0.39, 0.29) is 11.9 Å². The van der Waals surface area contributed by atoms with E-state index in [1.807, 2.05) is 56.8 Å². The van der Waals surface area contributed by atoms with Crippen LogP contribution in [0.25, 0.3) is 0 Å². The van der Waals surface area contributed by atoms with Crippen molar-refractivity contribution in [1.29, 1.82) is 0 Å². The van der Waals surface area contributed by atoms with Crippen molar-refractivity contribution in [3.05, 3.63) is 41.7 Å². The predicted molar refractivity (Wildman–Crippen MR) is 100 cm³/mol. The first-order valence-electron chi connectivity index (χ1n) is 8.60. The number of benzene rings is 1. The normalized spacial score (nSPS) is 12.2. The largest absolute Gasteiger partial charge is 0.497 e. The summed E-state index contributed by atoms with van der Waals surface area (Å²) in [5, 5.41) is 7.45. The molecule has 6 nitrogen and oxygen atoms in total. The van der Waals surface area contributed by atoms with Gasteiger partial charge in [0, 0.05) is 17.9 Å². The van der Waals surface area contributed by atoms with Crippen molar-refractivity contribution in [3.8, 4) is 5.75 Å². The molecule has 0 aliphatic rings. The molecule has 1 aromatic heterocycles. The Morgan fingerprint density at radius 1 is 1.32 bits per heavy atom. The maximum absolute atomic E-state index is 12.6. The summed E-state index contributed by atoms with van der Waals surface area (Å²) in [6.45, 7) is 7.59. The predicted octanol–water partition coefficient (Wildman–Crippen LogP) is 2.86. The number of anilines is 1. The van der Waals surface area contributed by atoms with Crippen LogP contribution in [0.15, 0.2) is 30.3 Å². The number of carbonyl (C=O) groups excluding carboxylic acids is 1. The zero-order valence-corrected chi connectivity index (χ0v) is 15.7. The Balaban J connectivity index is 1.94. The molecule has 1 aromatic carbocycles. The molecule has 0 unspecified atom stereocenters. The number of hydrogen-bond acceptors (Lipinski definition) is 4. The first kappa shape index (κ1) is 19.0. The van der Waals surface area contributed by atoms with Crippen molar-refractivity contribution in [1.82, 2.24) is 14.7 Å². The summed E-state index contributed by atoms with van der Waals surface area (Å²) < 4.78 is 7.12. The second kappa shape index (κ2) is 8.67. The fourth-order valence-corrected chi connectivity index (χ4v) is 2.91. The van der Waals surface area contributed by atoms with Crippen LogP contribution in [0.3, 0.4) is 0 Å². The molecule has 1 heterocycles. The quantitative estimate of drug-likeness (QED) is 0.800. The molecule has 0 saturated carbocycles. The molecule has 0 spiro atoms. The van der Waals surface area contributed by atoms with Gasteiger partial charge in [0.15, 0.2) is 0 Å². The number of amides is 1. The lowest BCUT2D eigenvalue weighted by Crippen LogP contribution is -2.42. The summed E-state index contributed by atoms with van der Waals surface area (Å²) in [6, 6.07) is 9.25. The van der Waals surface area contributed by atoms with E-state index in [0.717, 1.165) is 42.3 Å². The van der Waals surface area contributed by atoms with Crippen LogP contribution in [-0.2, 0) is 11.3 Å². The molecule has 136 valence electrons. The highest BCUT2D eigenvalue weighted by molar-refractivity contribution is 5.94. The maximum atomic E-state index is 12.6. The number of likely N-dealkylation sites (N-methyl/N-ethyl adjacent to an activating group) is 1. The zero-order chi connectivity index (χ0) is 18.4. The molecule has 0 bridgehead atoms. The maximum Gasteiger partial charge on any atom is 0.241 e. The van der Waals surface area contributed by atoms with Crippen LogP contribution in [0.2, 0.25) is 0 Å². The number of carbonyl (C=O) groups is 1. The Morgan fingerprint density at radius 2 is 2.00 bits per heavy atom. The molecule has 0 aliphatic carbocycles. The summed E-state index contributed by atoms with van der Waals surface area (Å²) in [7, 11) is 3.60. The molecule has 2 rings (SSSR count). The van der Waals surface area contributed by atoms with Gasteiger partial charge in [-0.15, -0.1) is 0 Å².